The van der Waals surface area contributed by atoms with Crippen LogP contribution in [0.15, 0.2) is 16.6 Å². The number of carbonyl (C=O) groups is 2. The number of nitrogens with zero attached hydrogens (tertiary/aromatic N) is 1. The molecule has 106 valence electrons. The van der Waals surface area contributed by atoms with Gasteiger partial charge in [-0.2, -0.15) is 0 Å². The van der Waals surface area contributed by atoms with E-state index in [1.165, 1.54) is 19.8 Å². The average molecular weight is 337 g/mol. The van der Waals surface area contributed by atoms with Crippen molar-refractivity contribution >= 4 is 33.4 Å². The second-order valence-corrected chi connectivity index (χ2v) is 6.60. The van der Waals surface area contributed by atoms with Crippen LogP contribution in [0, 0.1) is 5.92 Å². The van der Waals surface area contributed by atoms with Crippen molar-refractivity contribution in [2.75, 3.05) is 5.32 Å². The van der Waals surface area contributed by atoms with Crippen LogP contribution in [-0.4, -0.2) is 22.8 Å². The predicted octanol–water partition coefficient (Wildman–Crippen LogP) is 3.16. The maximum atomic E-state index is 12.6. The second-order valence-electron chi connectivity index (χ2n) is 5.68. The normalized spacial score (nSPS) is 18.9. The molecular formula is C15H17BrN2O2. The van der Waals surface area contributed by atoms with Crippen molar-refractivity contribution in [2.24, 2.45) is 5.92 Å². The lowest BCUT2D eigenvalue weighted by atomic mass is 10.1. The summed E-state index contributed by atoms with van der Waals surface area (Å²) in [7, 11) is 0. The summed E-state index contributed by atoms with van der Waals surface area (Å²) in [5.74, 6) is 0.517. The van der Waals surface area contributed by atoms with Gasteiger partial charge in [0.25, 0.3) is 5.91 Å². The van der Waals surface area contributed by atoms with Crippen LogP contribution in [0.1, 0.15) is 42.6 Å². The Labute approximate surface area is 126 Å². The molecule has 0 bridgehead atoms. The van der Waals surface area contributed by atoms with Crippen LogP contribution in [0.5, 0.6) is 0 Å². The summed E-state index contributed by atoms with van der Waals surface area (Å²) >= 11 is 3.44. The Kier molecular flexibility index (Phi) is 3.32. The van der Waals surface area contributed by atoms with Gasteiger partial charge in [-0.1, -0.05) is 15.9 Å². The Morgan fingerprint density at radius 3 is 2.75 bits per heavy atom. The Balaban J connectivity index is 1.96. The van der Waals surface area contributed by atoms with Gasteiger partial charge in [0.2, 0.25) is 5.91 Å². The fourth-order valence-electron chi connectivity index (χ4n) is 2.89. The quantitative estimate of drug-likeness (QED) is 0.921. The number of hydrogen-bond acceptors (Lipinski definition) is 2. The minimum Gasteiger partial charge on any atom is -0.331 e. The zero-order valence-corrected chi connectivity index (χ0v) is 13.2. The van der Waals surface area contributed by atoms with Crippen LogP contribution in [0.2, 0.25) is 0 Å². The molecule has 1 aromatic carbocycles. The number of carbonyl (C=O) groups excluding carboxylic acids is 2. The molecule has 5 heteroatoms. The minimum atomic E-state index is -0.160. The number of nitrogens with one attached hydrogen (secondary N) is 1. The highest BCUT2D eigenvalue weighted by Crippen LogP contribution is 2.40. The second kappa shape index (κ2) is 4.88. The minimum absolute atomic E-state index is 0.0376. The molecule has 2 aliphatic rings. The van der Waals surface area contributed by atoms with E-state index < -0.39 is 0 Å². The van der Waals surface area contributed by atoms with Gasteiger partial charge < -0.3 is 10.2 Å². The predicted molar refractivity (Wildman–Crippen MR) is 80.5 cm³/mol. The zero-order chi connectivity index (χ0) is 14.4. The molecule has 0 saturated heterocycles. The van der Waals surface area contributed by atoms with Gasteiger partial charge in [0.05, 0.1) is 11.3 Å². The van der Waals surface area contributed by atoms with Gasteiger partial charge >= 0.3 is 0 Å². The van der Waals surface area contributed by atoms with E-state index in [1.54, 1.807) is 6.07 Å². The summed E-state index contributed by atoms with van der Waals surface area (Å²) in [5.41, 5.74) is 2.24. The smallest absolute Gasteiger partial charge is 0.256 e. The molecule has 0 radical (unpaired) electrons. The highest BCUT2D eigenvalue weighted by atomic mass is 79.9. The molecule has 1 saturated carbocycles. The number of rotatable bonds is 3. The third-order valence-corrected chi connectivity index (χ3v) is 4.56. The Morgan fingerprint density at radius 2 is 2.15 bits per heavy atom. The summed E-state index contributed by atoms with van der Waals surface area (Å²) in [6.45, 7) is 4.21. The van der Waals surface area contributed by atoms with Gasteiger partial charge in [0.1, 0.15) is 0 Å². The lowest BCUT2D eigenvalue weighted by molar-refractivity contribution is -0.114. The highest BCUT2D eigenvalue weighted by Gasteiger charge is 2.39. The Morgan fingerprint density at radius 1 is 1.45 bits per heavy atom. The van der Waals surface area contributed by atoms with Gasteiger partial charge in [-0.15, -0.1) is 0 Å². The first-order valence-electron chi connectivity index (χ1n) is 6.88. The molecule has 0 unspecified atom stereocenters. The lowest BCUT2D eigenvalue weighted by Crippen LogP contribution is -2.34. The maximum absolute atomic E-state index is 12.6. The van der Waals surface area contributed by atoms with Crippen LogP contribution in [0.4, 0.5) is 5.69 Å². The molecule has 1 aliphatic carbocycles. The van der Waals surface area contributed by atoms with E-state index in [1.807, 2.05) is 11.0 Å². The van der Waals surface area contributed by atoms with Crippen LogP contribution >= 0.6 is 15.9 Å². The largest absolute Gasteiger partial charge is 0.331 e. The molecule has 3 rings (SSSR count). The van der Waals surface area contributed by atoms with E-state index in [4.69, 9.17) is 0 Å². The zero-order valence-electron chi connectivity index (χ0n) is 11.6. The van der Waals surface area contributed by atoms with Crippen molar-refractivity contribution < 1.29 is 9.59 Å². The molecule has 4 nitrogen and oxygen atoms in total. The Hall–Kier alpha value is -1.36. The standard InChI is InChI=1S/C15H17BrN2O2/c1-8(10-3-4-10)18-7-11-5-12(16)6-13(17-9(2)19)14(11)15(18)20/h5-6,8,10H,3-4,7H2,1-2H3,(H,17,19)/t8-/m0/s1. The van der Waals surface area contributed by atoms with Crippen molar-refractivity contribution in [3.8, 4) is 0 Å². The molecule has 1 atom stereocenters. The summed E-state index contributed by atoms with van der Waals surface area (Å²) in [4.78, 5) is 25.9. The number of fused-ring (bicyclic) bond motifs is 1. The number of hydrogen-bond donors (Lipinski definition) is 1. The van der Waals surface area contributed by atoms with Crippen LogP contribution < -0.4 is 5.32 Å². The summed E-state index contributed by atoms with van der Waals surface area (Å²) in [6, 6.07) is 4.04. The number of amides is 2. The van der Waals surface area contributed by atoms with E-state index in [2.05, 4.69) is 28.2 Å². The molecule has 0 spiro atoms. The molecule has 20 heavy (non-hydrogen) atoms. The first-order valence-corrected chi connectivity index (χ1v) is 7.67. The number of anilines is 1. The average Bonchev–Trinajstić information content (AvgIpc) is 3.13. The van der Waals surface area contributed by atoms with Crippen LogP contribution in [-0.2, 0) is 11.3 Å². The van der Waals surface area contributed by atoms with Gasteiger partial charge in [0.15, 0.2) is 0 Å². The van der Waals surface area contributed by atoms with E-state index in [0.717, 1.165) is 10.0 Å². The number of halogens is 1. The molecule has 0 aromatic heterocycles. The van der Waals surface area contributed by atoms with Crippen molar-refractivity contribution in [1.29, 1.82) is 0 Å². The molecule has 1 N–H and O–H groups in total. The van der Waals surface area contributed by atoms with Gasteiger partial charge in [-0.3, -0.25) is 9.59 Å². The first kappa shape index (κ1) is 13.6. The van der Waals surface area contributed by atoms with Crippen molar-refractivity contribution in [3.63, 3.8) is 0 Å². The fraction of sp³-hybridized carbons (Fsp3) is 0.467. The van der Waals surface area contributed by atoms with E-state index in [0.29, 0.717) is 23.7 Å². The van der Waals surface area contributed by atoms with Crippen molar-refractivity contribution in [2.45, 2.75) is 39.3 Å². The molecular weight excluding hydrogens is 320 g/mol. The first-order chi connectivity index (χ1) is 9.47. The maximum Gasteiger partial charge on any atom is 0.256 e. The number of benzene rings is 1. The third-order valence-electron chi connectivity index (χ3n) is 4.11. The molecule has 2 amide bonds. The van der Waals surface area contributed by atoms with E-state index in [9.17, 15) is 9.59 Å². The van der Waals surface area contributed by atoms with E-state index in [-0.39, 0.29) is 17.9 Å². The summed E-state index contributed by atoms with van der Waals surface area (Å²) in [5, 5.41) is 2.76. The molecule has 1 aliphatic heterocycles. The lowest BCUT2D eigenvalue weighted by Gasteiger charge is -2.24. The topological polar surface area (TPSA) is 49.4 Å². The highest BCUT2D eigenvalue weighted by molar-refractivity contribution is 9.10. The molecule has 1 aromatic rings. The third kappa shape index (κ3) is 2.35. The van der Waals surface area contributed by atoms with Crippen molar-refractivity contribution in [3.05, 3.63) is 27.7 Å². The molecule has 1 fully saturated rings. The van der Waals surface area contributed by atoms with Gasteiger partial charge in [-0.05, 0) is 43.4 Å². The monoisotopic (exact) mass is 336 g/mol. The molecule has 1 heterocycles. The van der Waals surface area contributed by atoms with E-state index >= 15 is 0 Å². The van der Waals surface area contributed by atoms with Crippen molar-refractivity contribution in [1.82, 2.24) is 4.90 Å². The summed E-state index contributed by atoms with van der Waals surface area (Å²) < 4.78 is 0.883. The van der Waals surface area contributed by atoms with Crippen LogP contribution in [0.3, 0.4) is 0 Å². The summed E-state index contributed by atoms with van der Waals surface area (Å²) in [6.07, 6.45) is 2.42. The van der Waals surface area contributed by atoms with Crippen LogP contribution in [0.25, 0.3) is 0 Å². The SMILES string of the molecule is CC(=O)Nc1cc(Br)cc2c1C(=O)N([C@@H](C)C1CC1)C2. The fourth-order valence-corrected chi connectivity index (χ4v) is 3.40. The Bertz CT molecular complexity index is 596. The van der Waals surface area contributed by atoms with Gasteiger partial charge in [0, 0.05) is 24.0 Å². The van der Waals surface area contributed by atoms with Gasteiger partial charge in [-0.25, -0.2) is 0 Å².